The Kier molecular flexibility index (Phi) is 5.02. The van der Waals surface area contributed by atoms with Crippen molar-refractivity contribution in [2.45, 2.75) is 82.3 Å². The van der Waals surface area contributed by atoms with Crippen LogP contribution in [0.5, 0.6) is 0 Å². The largest absolute Gasteiger partial charge is 0.382 e. The Morgan fingerprint density at radius 1 is 0.833 bits per heavy atom. The first-order valence-corrected chi connectivity index (χ1v) is 9.82. The van der Waals surface area contributed by atoms with Gasteiger partial charge in [-0.2, -0.15) is 5.10 Å². The average Bonchev–Trinajstić information content (AvgIpc) is 2.92. The van der Waals surface area contributed by atoms with Gasteiger partial charge < -0.3 is 10.6 Å². The highest BCUT2D eigenvalue weighted by atomic mass is 15.1. The molecule has 4 nitrogen and oxygen atoms in total. The van der Waals surface area contributed by atoms with Gasteiger partial charge >= 0.3 is 0 Å². The van der Waals surface area contributed by atoms with Crippen molar-refractivity contribution in [3.05, 3.63) is 24.4 Å². The van der Waals surface area contributed by atoms with Crippen LogP contribution in [0.15, 0.2) is 24.4 Å². The van der Waals surface area contributed by atoms with Gasteiger partial charge in [-0.15, -0.1) is 0 Å². The van der Waals surface area contributed by atoms with E-state index in [1.54, 1.807) is 0 Å². The van der Waals surface area contributed by atoms with Crippen LogP contribution in [-0.4, -0.2) is 28.3 Å². The van der Waals surface area contributed by atoms with Gasteiger partial charge in [0.2, 0.25) is 0 Å². The molecule has 0 aliphatic heterocycles. The summed E-state index contributed by atoms with van der Waals surface area (Å²) in [5, 5.41) is 16.0. The number of nitrogens with one attached hydrogen (secondary N) is 3. The van der Waals surface area contributed by atoms with Crippen molar-refractivity contribution in [3.63, 3.8) is 0 Å². The Morgan fingerprint density at radius 2 is 1.54 bits per heavy atom. The third kappa shape index (κ3) is 3.92. The van der Waals surface area contributed by atoms with Gasteiger partial charge in [0, 0.05) is 29.2 Å². The van der Waals surface area contributed by atoms with E-state index in [0.717, 1.165) is 17.6 Å². The molecule has 130 valence electrons. The predicted octanol–water partition coefficient (Wildman–Crippen LogP) is 4.60. The van der Waals surface area contributed by atoms with Crippen LogP contribution in [-0.2, 0) is 0 Å². The number of rotatable bonds is 4. The van der Waals surface area contributed by atoms with Crippen molar-refractivity contribution in [2.75, 3.05) is 5.32 Å². The number of hydrogen-bond donors (Lipinski definition) is 3. The fraction of sp³-hybridized carbons (Fsp3) is 0.650. The second-order valence-corrected chi connectivity index (χ2v) is 7.72. The van der Waals surface area contributed by atoms with E-state index in [9.17, 15) is 0 Å². The Labute approximate surface area is 144 Å². The molecule has 3 N–H and O–H groups in total. The molecule has 0 atom stereocenters. The Morgan fingerprint density at radius 3 is 2.33 bits per heavy atom. The molecule has 0 unspecified atom stereocenters. The molecule has 1 aromatic carbocycles. The Bertz CT molecular complexity index is 634. The zero-order valence-corrected chi connectivity index (χ0v) is 14.6. The fourth-order valence-electron chi connectivity index (χ4n) is 4.45. The van der Waals surface area contributed by atoms with E-state index in [0.29, 0.717) is 6.04 Å². The highest BCUT2D eigenvalue weighted by Gasteiger charge is 2.23. The number of nitrogens with zero attached hydrogens (tertiary/aromatic N) is 1. The summed E-state index contributed by atoms with van der Waals surface area (Å²) in [4.78, 5) is 0. The minimum Gasteiger partial charge on any atom is -0.382 e. The number of anilines is 1. The average molecular weight is 326 g/mol. The lowest BCUT2D eigenvalue weighted by Crippen LogP contribution is -2.42. The molecule has 2 aromatic rings. The van der Waals surface area contributed by atoms with Crippen LogP contribution in [0.2, 0.25) is 0 Å². The van der Waals surface area contributed by atoms with E-state index in [1.165, 1.54) is 75.3 Å². The highest BCUT2D eigenvalue weighted by molar-refractivity contribution is 5.81. The van der Waals surface area contributed by atoms with Crippen LogP contribution in [0.1, 0.15) is 64.2 Å². The van der Waals surface area contributed by atoms with Crippen molar-refractivity contribution in [1.29, 1.82) is 0 Å². The molecule has 0 saturated heterocycles. The number of aromatic amines is 1. The smallest absolute Gasteiger partial charge is 0.0651 e. The summed E-state index contributed by atoms with van der Waals surface area (Å²) in [5.41, 5.74) is 2.33. The van der Waals surface area contributed by atoms with Crippen LogP contribution < -0.4 is 10.6 Å². The standard InChI is InChI=1S/C20H30N4/c1-2-4-6-16(5-3-1)22-17-7-9-18(10-8-17)23-19-11-12-20-15(13-19)14-21-24-20/h11-14,16-18,22-23H,1-10H2,(H,21,24)/t17-,18+. The number of benzene rings is 1. The number of fused-ring (bicyclic) bond motifs is 1. The molecule has 0 amide bonds. The zero-order valence-electron chi connectivity index (χ0n) is 14.6. The third-order valence-corrected chi connectivity index (χ3v) is 5.86. The molecule has 0 bridgehead atoms. The van der Waals surface area contributed by atoms with E-state index in [-0.39, 0.29) is 0 Å². The summed E-state index contributed by atoms with van der Waals surface area (Å²) in [6.07, 6.45) is 15.6. The van der Waals surface area contributed by atoms with E-state index >= 15 is 0 Å². The van der Waals surface area contributed by atoms with Crippen LogP contribution in [0.4, 0.5) is 5.69 Å². The molecule has 1 heterocycles. The van der Waals surface area contributed by atoms with E-state index in [4.69, 9.17) is 0 Å². The molecule has 2 aliphatic rings. The summed E-state index contributed by atoms with van der Waals surface area (Å²) < 4.78 is 0. The van der Waals surface area contributed by atoms with Crippen molar-refractivity contribution >= 4 is 16.6 Å². The topological polar surface area (TPSA) is 52.7 Å². The van der Waals surface area contributed by atoms with Gasteiger partial charge in [-0.1, -0.05) is 25.7 Å². The van der Waals surface area contributed by atoms with Crippen molar-refractivity contribution in [2.24, 2.45) is 0 Å². The predicted molar refractivity (Wildman–Crippen MR) is 100 cm³/mol. The first kappa shape index (κ1) is 15.9. The van der Waals surface area contributed by atoms with E-state index in [1.807, 2.05) is 6.20 Å². The van der Waals surface area contributed by atoms with Crippen LogP contribution >= 0.6 is 0 Å². The van der Waals surface area contributed by atoms with Crippen molar-refractivity contribution < 1.29 is 0 Å². The lowest BCUT2D eigenvalue weighted by molar-refractivity contribution is 0.309. The van der Waals surface area contributed by atoms with Gasteiger partial charge in [-0.25, -0.2) is 0 Å². The van der Waals surface area contributed by atoms with Gasteiger partial charge in [-0.05, 0) is 56.7 Å². The summed E-state index contributed by atoms with van der Waals surface area (Å²) in [5.74, 6) is 0. The fourth-order valence-corrected chi connectivity index (χ4v) is 4.45. The molecule has 24 heavy (non-hydrogen) atoms. The summed E-state index contributed by atoms with van der Waals surface area (Å²) in [7, 11) is 0. The third-order valence-electron chi connectivity index (χ3n) is 5.86. The maximum absolute atomic E-state index is 4.10. The molecule has 0 radical (unpaired) electrons. The number of hydrogen-bond acceptors (Lipinski definition) is 3. The zero-order chi connectivity index (χ0) is 16.2. The van der Waals surface area contributed by atoms with Crippen LogP contribution in [0.25, 0.3) is 10.9 Å². The molecule has 0 spiro atoms. The summed E-state index contributed by atoms with van der Waals surface area (Å²) in [6.45, 7) is 0. The Hall–Kier alpha value is -1.55. The van der Waals surface area contributed by atoms with Crippen molar-refractivity contribution in [1.82, 2.24) is 15.5 Å². The normalized spacial score (nSPS) is 26.3. The molecule has 2 fully saturated rings. The minimum atomic E-state index is 0.613. The first-order valence-electron chi connectivity index (χ1n) is 9.82. The second-order valence-electron chi connectivity index (χ2n) is 7.72. The quantitative estimate of drug-likeness (QED) is 0.720. The van der Waals surface area contributed by atoms with Crippen LogP contribution in [0.3, 0.4) is 0 Å². The van der Waals surface area contributed by atoms with E-state index < -0.39 is 0 Å². The second kappa shape index (κ2) is 7.56. The maximum atomic E-state index is 4.10. The van der Waals surface area contributed by atoms with Gasteiger partial charge in [0.15, 0.2) is 0 Å². The number of aromatic nitrogens is 2. The Balaban J connectivity index is 1.26. The monoisotopic (exact) mass is 326 g/mol. The van der Waals surface area contributed by atoms with Gasteiger partial charge in [0.05, 0.1) is 11.7 Å². The van der Waals surface area contributed by atoms with Crippen LogP contribution in [0, 0.1) is 0 Å². The molecule has 2 saturated carbocycles. The molecular formula is C20H30N4. The first-order chi connectivity index (χ1) is 11.9. The van der Waals surface area contributed by atoms with Gasteiger partial charge in [0.1, 0.15) is 0 Å². The molecule has 2 aliphatic carbocycles. The molecule has 1 aromatic heterocycles. The highest BCUT2D eigenvalue weighted by Crippen LogP contribution is 2.26. The maximum Gasteiger partial charge on any atom is 0.0651 e. The van der Waals surface area contributed by atoms with Crippen molar-refractivity contribution in [3.8, 4) is 0 Å². The lowest BCUT2D eigenvalue weighted by atomic mass is 9.90. The summed E-state index contributed by atoms with van der Waals surface area (Å²) >= 11 is 0. The number of H-pyrrole nitrogens is 1. The van der Waals surface area contributed by atoms with E-state index in [2.05, 4.69) is 39.0 Å². The van der Waals surface area contributed by atoms with Gasteiger partial charge in [-0.3, -0.25) is 5.10 Å². The SMILES string of the molecule is c1cc2[nH]ncc2cc1N[C@H]1CC[C@@H](NC2CCCCCC2)CC1. The lowest BCUT2D eigenvalue weighted by Gasteiger charge is -2.33. The minimum absolute atomic E-state index is 0.613. The van der Waals surface area contributed by atoms with Gasteiger partial charge in [0.25, 0.3) is 0 Å². The summed E-state index contributed by atoms with van der Waals surface area (Å²) in [6, 6.07) is 8.61. The molecule has 4 rings (SSSR count). The molecule has 4 heteroatoms. The molecular weight excluding hydrogens is 296 g/mol.